The highest BCUT2D eigenvalue weighted by Crippen LogP contribution is 2.35. The van der Waals surface area contributed by atoms with E-state index in [0.717, 1.165) is 43.5 Å². The first kappa shape index (κ1) is 22.2. The highest BCUT2D eigenvalue weighted by molar-refractivity contribution is 4.84. The first-order valence-corrected chi connectivity index (χ1v) is 11.6. The van der Waals surface area contributed by atoms with E-state index in [1.165, 1.54) is 51.6 Å². The van der Waals surface area contributed by atoms with Gasteiger partial charge in [0.2, 0.25) is 0 Å². The second-order valence-corrected chi connectivity index (χ2v) is 9.41. The van der Waals surface area contributed by atoms with Crippen LogP contribution in [0, 0.1) is 17.8 Å². The summed E-state index contributed by atoms with van der Waals surface area (Å²) in [5.74, 6) is 2.31. The fourth-order valence-electron chi connectivity index (χ4n) is 5.25. The van der Waals surface area contributed by atoms with Gasteiger partial charge in [-0.2, -0.15) is 0 Å². The standard InChI is InChI=1S/C23H46N2O/c1-7-24(8-2)21(16-25-14-10-9-11-20(25)6)17-26-23-15-19(5)12-13-22(23)18(3)4/h18-23H,7-17H2,1-6H3. The number of nitrogens with zero attached hydrogens (tertiary/aromatic N) is 2. The predicted molar refractivity (Wildman–Crippen MR) is 113 cm³/mol. The van der Waals surface area contributed by atoms with E-state index in [9.17, 15) is 0 Å². The van der Waals surface area contributed by atoms with Crippen molar-refractivity contribution in [1.82, 2.24) is 9.80 Å². The molecule has 1 saturated carbocycles. The maximum absolute atomic E-state index is 6.68. The minimum Gasteiger partial charge on any atom is -0.376 e. The summed E-state index contributed by atoms with van der Waals surface area (Å²) in [4.78, 5) is 5.34. The van der Waals surface area contributed by atoms with Gasteiger partial charge in [0.25, 0.3) is 0 Å². The average molecular weight is 367 g/mol. The summed E-state index contributed by atoms with van der Waals surface area (Å²) < 4.78 is 6.68. The zero-order valence-electron chi connectivity index (χ0n) is 18.5. The van der Waals surface area contributed by atoms with Crippen molar-refractivity contribution >= 4 is 0 Å². The first-order chi connectivity index (χ1) is 12.5. The van der Waals surface area contributed by atoms with Crippen LogP contribution in [0.1, 0.15) is 80.1 Å². The zero-order valence-corrected chi connectivity index (χ0v) is 18.5. The lowest BCUT2D eigenvalue weighted by Gasteiger charge is -2.41. The third kappa shape index (κ3) is 6.21. The quantitative estimate of drug-likeness (QED) is 0.568. The molecule has 0 N–H and O–H groups in total. The van der Waals surface area contributed by atoms with Crippen LogP contribution in [-0.4, -0.2) is 60.8 Å². The number of piperidine rings is 1. The van der Waals surface area contributed by atoms with Crippen LogP contribution in [0.15, 0.2) is 0 Å². The molecule has 0 aromatic carbocycles. The molecule has 2 aliphatic rings. The molecule has 1 heterocycles. The predicted octanol–water partition coefficient (Wildman–Crippen LogP) is 5.05. The van der Waals surface area contributed by atoms with Crippen molar-refractivity contribution < 1.29 is 4.74 Å². The Bertz CT molecular complexity index is 382. The third-order valence-corrected chi connectivity index (χ3v) is 7.18. The van der Waals surface area contributed by atoms with E-state index in [0.29, 0.717) is 12.1 Å². The lowest BCUT2D eigenvalue weighted by molar-refractivity contribution is -0.0645. The molecule has 0 amide bonds. The maximum atomic E-state index is 6.68. The largest absolute Gasteiger partial charge is 0.376 e. The van der Waals surface area contributed by atoms with Gasteiger partial charge in [0.1, 0.15) is 0 Å². The van der Waals surface area contributed by atoms with Gasteiger partial charge < -0.3 is 4.74 Å². The van der Waals surface area contributed by atoms with Crippen LogP contribution in [0.4, 0.5) is 0 Å². The molecule has 5 atom stereocenters. The second kappa shape index (κ2) is 11.0. The zero-order chi connectivity index (χ0) is 19.1. The highest BCUT2D eigenvalue weighted by atomic mass is 16.5. The van der Waals surface area contributed by atoms with Gasteiger partial charge in [0.15, 0.2) is 0 Å². The Labute approximate surface area is 163 Å². The van der Waals surface area contributed by atoms with Crippen LogP contribution < -0.4 is 0 Å². The molecule has 3 nitrogen and oxygen atoms in total. The SMILES string of the molecule is CCN(CC)C(COC1CC(C)CCC1C(C)C)CN1CCCCC1C. The summed E-state index contributed by atoms with van der Waals surface area (Å²) in [6, 6.07) is 1.27. The molecule has 26 heavy (non-hydrogen) atoms. The molecule has 3 heteroatoms. The van der Waals surface area contributed by atoms with Crippen LogP contribution in [0.2, 0.25) is 0 Å². The number of ether oxygens (including phenoxy) is 1. The van der Waals surface area contributed by atoms with Crippen molar-refractivity contribution in [3.8, 4) is 0 Å². The van der Waals surface area contributed by atoms with Gasteiger partial charge in [-0.1, -0.05) is 47.5 Å². The molecule has 1 aliphatic heterocycles. The summed E-state index contributed by atoms with van der Waals surface area (Å²) in [6.45, 7) is 19.8. The summed E-state index contributed by atoms with van der Waals surface area (Å²) in [5.41, 5.74) is 0. The summed E-state index contributed by atoms with van der Waals surface area (Å²) in [7, 11) is 0. The van der Waals surface area contributed by atoms with E-state index in [2.05, 4.69) is 51.3 Å². The molecular weight excluding hydrogens is 320 g/mol. The van der Waals surface area contributed by atoms with Gasteiger partial charge in [0, 0.05) is 18.6 Å². The Hall–Kier alpha value is -0.120. The molecule has 0 spiro atoms. The summed E-state index contributed by atoms with van der Waals surface area (Å²) >= 11 is 0. The van der Waals surface area contributed by atoms with E-state index in [1.807, 2.05) is 0 Å². The van der Waals surface area contributed by atoms with Gasteiger partial charge in [-0.3, -0.25) is 9.80 Å². The van der Waals surface area contributed by atoms with Crippen LogP contribution in [0.3, 0.4) is 0 Å². The summed E-state index contributed by atoms with van der Waals surface area (Å²) in [6.07, 6.45) is 8.59. The topological polar surface area (TPSA) is 15.7 Å². The minimum absolute atomic E-state index is 0.468. The number of likely N-dealkylation sites (N-methyl/N-ethyl adjacent to an activating group) is 1. The van der Waals surface area contributed by atoms with Crippen molar-refractivity contribution in [2.75, 3.05) is 32.8 Å². The van der Waals surface area contributed by atoms with Gasteiger partial charge in [-0.25, -0.2) is 0 Å². The van der Waals surface area contributed by atoms with E-state index < -0.39 is 0 Å². The monoisotopic (exact) mass is 366 g/mol. The molecule has 154 valence electrons. The van der Waals surface area contributed by atoms with E-state index in [1.54, 1.807) is 0 Å². The van der Waals surface area contributed by atoms with Crippen LogP contribution >= 0.6 is 0 Å². The lowest BCUT2D eigenvalue weighted by Crippen LogP contribution is -2.51. The van der Waals surface area contributed by atoms with Crippen LogP contribution in [-0.2, 0) is 4.74 Å². The Morgan fingerprint density at radius 1 is 1.04 bits per heavy atom. The second-order valence-electron chi connectivity index (χ2n) is 9.41. The number of hydrogen-bond donors (Lipinski definition) is 0. The summed E-state index contributed by atoms with van der Waals surface area (Å²) in [5, 5.41) is 0. The van der Waals surface area contributed by atoms with E-state index >= 15 is 0 Å². The molecule has 2 fully saturated rings. The number of likely N-dealkylation sites (tertiary alicyclic amines) is 1. The van der Waals surface area contributed by atoms with Gasteiger partial charge >= 0.3 is 0 Å². The van der Waals surface area contributed by atoms with Crippen molar-refractivity contribution in [3.05, 3.63) is 0 Å². The van der Waals surface area contributed by atoms with Crippen molar-refractivity contribution in [2.24, 2.45) is 17.8 Å². The Morgan fingerprint density at radius 2 is 1.77 bits per heavy atom. The van der Waals surface area contributed by atoms with Crippen molar-refractivity contribution in [3.63, 3.8) is 0 Å². The van der Waals surface area contributed by atoms with Gasteiger partial charge in [-0.15, -0.1) is 0 Å². The lowest BCUT2D eigenvalue weighted by atomic mass is 9.75. The molecule has 2 rings (SSSR count). The van der Waals surface area contributed by atoms with Crippen molar-refractivity contribution in [1.29, 1.82) is 0 Å². The molecule has 1 saturated heterocycles. The van der Waals surface area contributed by atoms with Crippen LogP contribution in [0.5, 0.6) is 0 Å². The van der Waals surface area contributed by atoms with E-state index in [4.69, 9.17) is 4.74 Å². The normalized spacial score (nSPS) is 32.3. The van der Waals surface area contributed by atoms with Gasteiger partial charge in [0.05, 0.1) is 12.7 Å². The highest BCUT2D eigenvalue weighted by Gasteiger charge is 2.33. The molecule has 0 bridgehead atoms. The minimum atomic E-state index is 0.468. The van der Waals surface area contributed by atoms with Crippen LogP contribution in [0.25, 0.3) is 0 Å². The Kier molecular flexibility index (Phi) is 9.40. The number of rotatable bonds is 9. The number of hydrogen-bond acceptors (Lipinski definition) is 3. The molecule has 0 radical (unpaired) electrons. The van der Waals surface area contributed by atoms with Gasteiger partial charge in [-0.05, 0) is 70.0 Å². The Balaban J connectivity index is 1.98. The fraction of sp³-hybridized carbons (Fsp3) is 1.00. The third-order valence-electron chi connectivity index (χ3n) is 7.18. The fourth-order valence-corrected chi connectivity index (χ4v) is 5.25. The smallest absolute Gasteiger partial charge is 0.0638 e. The van der Waals surface area contributed by atoms with E-state index in [-0.39, 0.29) is 0 Å². The molecule has 0 aromatic heterocycles. The first-order valence-electron chi connectivity index (χ1n) is 11.6. The Morgan fingerprint density at radius 3 is 2.38 bits per heavy atom. The molecule has 5 unspecified atom stereocenters. The molecular formula is C23H46N2O. The maximum Gasteiger partial charge on any atom is 0.0638 e. The molecule has 1 aliphatic carbocycles. The van der Waals surface area contributed by atoms with Crippen molar-refractivity contribution in [2.45, 2.75) is 98.3 Å². The molecule has 0 aromatic rings. The average Bonchev–Trinajstić information content (AvgIpc) is 2.62.